The highest BCUT2D eigenvalue weighted by molar-refractivity contribution is 14.1. The lowest BCUT2D eigenvalue weighted by Gasteiger charge is -2.17. The molecule has 2 rings (SSSR count). The molecule has 0 fully saturated rings. The van der Waals surface area contributed by atoms with E-state index in [2.05, 4.69) is 25.8 Å². The van der Waals surface area contributed by atoms with Crippen LogP contribution in [0.3, 0.4) is 0 Å². The molecule has 0 saturated heterocycles. The molecule has 2 aromatic rings. The lowest BCUT2D eigenvalue weighted by Crippen LogP contribution is -2.08. The first-order chi connectivity index (χ1) is 9.30. The predicted molar refractivity (Wildman–Crippen MR) is 95.4 cm³/mol. The maximum Gasteiger partial charge on any atom is 0.192 e. The summed E-state index contributed by atoms with van der Waals surface area (Å²) in [6, 6.07) is 5.66. The van der Waals surface area contributed by atoms with Gasteiger partial charge in [0, 0.05) is 10.4 Å². The molecule has 0 aliphatic heterocycles. The number of halogens is 3. The van der Waals surface area contributed by atoms with Gasteiger partial charge in [0.05, 0.1) is 10.7 Å². The van der Waals surface area contributed by atoms with E-state index in [1.54, 1.807) is 0 Å². The summed E-state index contributed by atoms with van der Waals surface area (Å²) in [5.74, 6) is 0.635. The average Bonchev–Trinajstić information content (AvgIpc) is 2.68. The fourth-order valence-electron chi connectivity index (χ4n) is 1.86. The van der Waals surface area contributed by atoms with Crippen molar-refractivity contribution in [3.05, 3.63) is 32.6 Å². The molecular formula is C14H14Cl2INOS. The van der Waals surface area contributed by atoms with Gasteiger partial charge in [-0.15, -0.1) is 11.3 Å². The molecule has 108 valence electrons. The van der Waals surface area contributed by atoms with Crippen molar-refractivity contribution in [3.8, 4) is 17.0 Å². The lowest BCUT2D eigenvalue weighted by atomic mass is 9.90. The normalized spacial score (nSPS) is 11.7. The number of aromatic nitrogens is 1. The highest BCUT2D eigenvalue weighted by Gasteiger charge is 2.19. The minimum Gasteiger partial charge on any atom is -0.426 e. The van der Waals surface area contributed by atoms with E-state index in [-0.39, 0.29) is 5.41 Å². The highest BCUT2D eigenvalue weighted by atomic mass is 127. The van der Waals surface area contributed by atoms with Crippen molar-refractivity contribution in [1.29, 1.82) is 0 Å². The van der Waals surface area contributed by atoms with Crippen molar-refractivity contribution in [1.82, 2.24) is 4.98 Å². The Balaban J connectivity index is 2.47. The summed E-state index contributed by atoms with van der Waals surface area (Å²) < 4.78 is 5.80. The predicted octanol–water partition coefficient (Wildman–Crippen LogP) is 6.43. The van der Waals surface area contributed by atoms with Gasteiger partial charge in [0.2, 0.25) is 0 Å². The van der Waals surface area contributed by atoms with Gasteiger partial charge < -0.3 is 3.07 Å². The summed E-state index contributed by atoms with van der Waals surface area (Å²) in [5.41, 5.74) is 2.07. The van der Waals surface area contributed by atoms with E-state index in [9.17, 15) is 0 Å². The summed E-state index contributed by atoms with van der Waals surface area (Å²) in [6.45, 7) is 6.60. The van der Waals surface area contributed by atoms with Crippen molar-refractivity contribution in [2.24, 2.45) is 5.41 Å². The zero-order chi connectivity index (χ0) is 14.9. The molecule has 0 spiro atoms. The zero-order valence-corrected chi connectivity index (χ0v) is 15.8. The molecule has 0 aliphatic carbocycles. The number of hydrogen-bond acceptors (Lipinski definition) is 3. The van der Waals surface area contributed by atoms with Gasteiger partial charge in [0.25, 0.3) is 0 Å². The number of thiazole rings is 1. The molecule has 1 aromatic heterocycles. The fraction of sp³-hybridized carbons (Fsp3) is 0.357. The SMILES string of the molecule is CC(C)(C)Cc1sc(Cl)nc1-c1ccc(Cl)c(OI)c1. The summed E-state index contributed by atoms with van der Waals surface area (Å²) in [5, 5.41) is 0.585. The summed E-state index contributed by atoms with van der Waals surface area (Å²) >= 11 is 15.5. The molecule has 6 heteroatoms. The van der Waals surface area contributed by atoms with E-state index >= 15 is 0 Å². The minimum atomic E-state index is 0.180. The van der Waals surface area contributed by atoms with E-state index in [1.165, 1.54) is 16.2 Å². The molecule has 1 heterocycles. The van der Waals surface area contributed by atoms with Crippen molar-refractivity contribution in [2.45, 2.75) is 27.2 Å². The Labute approximate surface area is 147 Å². The highest BCUT2D eigenvalue weighted by Crippen LogP contribution is 2.38. The van der Waals surface area contributed by atoms with Crippen LogP contribution in [-0.4, -0.2) is 4.98 Å². The summed E-state index contributed by atoms with van der Waals surface area (Å²) in [4.78, 5) is 5.64. The second-order valence-corrected chi connectivity index (χ2v) is 8.21. The Bertz CT molecular complexity index is 622. The Hall–Kier alpha value is -0.0400. The minimum absolute atomic E-state index is 0.180. The van der Waals surface area contributed by atoms with Gasteiger partial charge in [-0.1, -0.05) is 50.0 Å². The first-order valence-electron chi connectivity index (χ1n) is 6.04. The molecular weight excluding hydrogens is 428 g/mol. The van der Waals surface area contributed by atoms with E-state index in [0.717, 1.165) is 17.7 Å². The van der Waals surface area contributed by atoms with E-state index in [0.29, 0.717) is 15.2 Å². The molecule has 0 radical (unpaired) electrons. The van der Waals surface area contributed by atoms with Crippen LogP contribution in [0.15, 0.2) is 18.2 Å². The van der Waals surface area contributed by atoms with Crippen LogP contribution in [0, 0.1) is 5.41 Å². The standard InChI is InChI=1S/C14H14Cl2INOS/c1-14(2,3)7-11-12(18-13(16)20-11)8-4-5-9(15)10(6-8)19-17/h4-6H,7H2,1-3H3. The summed E-state index contributed by atoms with van der Waals surface area (Å²) in [6.07, 6.45) is 0.926. The van der Waals surface area contributed by atoms with Gasteiger partial charge in [0.15, 0.2) is 33.2 Å². The van der Waals surface area contributed by atoms with Crippen LogP contribution in [0.1, 0.15) is 25.6 Å². The largest absolute Gasteiger partial charge is 0.426 e. The van der Waals surface area contributed by atoms with Crippen molar-refractivity contribution >= 4 is 57.5 Å². The third-order valence-electron chi connectivity index (χ3n) is 2.65. The molecule has 0 unspecified atom stereocenters. The van der Waals surface area contributed by atoms with Gasteiger partial charge in [0.1, 0.15) is 0 Å². The Morgan fingerprint density at radius 3 is 2.60 bits per heavy atom. The molecule has 0 saturated carbocycles. The first-order valence-corrected chi connectivity index (χ1v) is 8.49. The molecule has 0 aliphatic rings. The van der Waals surface area contributed by atoms with Crippen LogP contribution in [0.25, 0.3) is 11.3 Å². The Morgan fingerprint density at radius 1 is 1.30 bits per heavy atom. The topological polar surface area (TPSA) is 22.1 Å². The zero-order valence-electron chi connectivity index (χ0n) is 11.3. The second kappa shape index (κ2) is 6.38. The smallest absolute Gasteiger partial charge is 0.192 e. The number of benzene rings is 1. The molecule has 0 N–H and O–H groups in total. The molecule has 0 bridgehead atoms. The van der Waals surface area contributed by atoms with E-state index in [4.69, 9.17) is 26.3 Å². The Morgan fingerprint density at radius 2 is 2.00 bits per heavy atom. The fourth-order valence-corrected chi connectivity index (χ4v) is 3.98. The maximum absolute atomic E-state index is 6.10. The van der Waals surface area contributed by atoms with Crippen LogP contribution in [0.4, 0.5) is 0 Å². The molecule has 0 atom stereocenters. The van der Waals surface area contributed by atoms with E-state index < -0.39 is 0 Å². The van der Waals surface area contributed by atoms with Gasteiger partial charge in [-0.2, -0.15) is 0 Å². The van der Waals surface area contributed by atoms with Gasteiger partial charge in [-0.05, 0) is 24.0 Å². The number of nitrogens with zero attached hydrogens (tertiary/aromatic N) is 1. The van der Waals surface area contributed by atoms with Crippen LogP contribution < -0.4 is 3.07 Å². The van der Waals surface area contributed by atoms with Crippen molar-refractivity contribution in [3.63, 3.8) is 0 Å². The van der Waals surface area contributed by atoms with Crippen LogP contribution in [0.5, 0.6) is 5.75 Å². The molecule has 1 aromatic carbocycles. The van der Waals surface area contributed by atoms with Gasteiger partial charge in [-0.25, -0.2) is 4.98 Å². The first kappa shape index (κ1) is 16.3. The van der Waals surface area contributed by atoms with Crippen molar-refractivity contribution in [2.75, 3.05) is 0 Å². The van der Waals surface area contributed by atoms with E-state index in [1.807, 2.05) is 41.2 Å². The van der Waals surface area contributed by atoms with Crippen LogP contribution in [-0.2, 0) is 6.42 Å². The molecule has 0 amide bonds. The maximum atomic E-state index is 6.10. The molecule has 2 nitrogen and oxygen atoms in total. The van der Waals surface area contributed by atoms with Gasteiger partial charge >= 0.3 is 0 Å². The van der Waals surface area contributed by atoms with Gasteiger partial charge in [-0.3, -0.25) is 0 Å². The van der Waals surface area contributed by atoms with Crippen LogP contribution >= 0.6 is 57.5 Å². The Kier molecular flexibility index (Phi) is 5.21. The lowest BCUT2D eigenvalue weighted by molar-refractivity contribution is 0.415. The third kappa shape index (κ3) is 4.00. The summed E-state index contributed by atoms with van der Waals surface area (Å²) in [7, 11) is 0. The molecule has 20 heavy (non-hydrogen) atoms. The quantitative estimate of drug-likeness (QED) is 0.511. The number of hydrogen-bond donors (Lipinski definition) is 0. The monoisotopic (exact) mass is 441 g/mol. The average molecular weight is 442 g/mol. The number of rotatable bonds is 3. The third-order valence-corrected chi connectivity index (χ3v) is 4.60. The van der Waals surface area contributed by atoms with Crippen molar-refractivity contribution < 1.29 is 3.07 Å². The second-order valence-electron chi connectivity index (χ2n) is 5.70. The van der Waals surface area contributed by atoms with Crippen LogP contribution in [0.2, 0.25) is 9.49 Å².